The fourth-order valence-corrected chi connectivity index (χ4v) is 4.77. The molecule has 1 atom stereocenters. The molecule has 1 unspecified atom stereocenters. The number of nitrogens with two attached hydrogens (primary N) is 1. The van der Waals surface area contributed by atoms with Crippen molar-refractivity contribution in [2.24, 2.45) is 5.73 Å². The van der Waals surface area contributed by atoms with Crippen molar-refractivity contribution < 1.29 is 18.3 Å². The van der Waals surface area contributed by atoms with E-state index in [4.69, 9.17) is 10.5 Å². The molecule has 0 amide bonds. The Morgan fingerprint density at radius 1 is 1.56 bits per heavy atom. The van der Waals surface area contributed by atoms with Gasteiger partial charge in [0.05, 0.1) is 25.9 Å². The Hall–Kier alpha value is -0.510. The van der Waals surface area contributed by atoms with Crippen molar-refractivity contribution >= 4 is 21.4 Å². The van der Waals surface area contributed by atoms with Gasteiger partial charge in [0, 0.05) is 18.0 Å². The second kappa shape index (κ2) is 5.64. The van der Waals surface area contributed by atoms with Gasteiger partial charge in [-0.25, -0.2) is 8.42 Å². The minimum absolute atomic E-state index is 0.227. The molecule has 0 radical (unpaired) electrons. The quantitative estimate of drug-likeness (QED) is 0.787. The van der Waals surface area contributed by atoms with E-state index in [0.717, 1.165) is 4.88 Å². The molecule has 6 nitrogen and oxygen atoms in total. The third kappa shape index (κ3) is 2.58. The molecule has 1 fully saturated rings. The largest absolute Gasteiger partial charge is 0.395 e. The van der Waals surface area contributed by atoms with E-state index >= 15 is 0 Å². The van der Waals surface area contributed by atoms with E-state index in [9.17, 15) is 13.5 Å². The summed E-state index contributed by atoms with van der Waals surface area (Å²) in [6.45, 7) is 0.931. The first-order valence-electron chi connectivity index (χ1n) is 5.59. The molecule has 2 heterocycles. The van der Waals surface area contributed by atoms with Gasteiger partial charge in [0.1, 0.15) is 4.21 Å². The Bertz CT molecular complexity index is 500. The number of sulfonamides is 1. The third-order valence-corrected chi connectivity index (χ3v) is 6.31. The molecule has 1 aromatic rings. The first-order valence-corrected chi connectivity index (χ1v) is 7.84. The van der Waals surface area contributed by atoms with E-state index in [1.54, 1.807) is 12.1 Å². The van der Waals surface area contributed by atoms with Crippen LogP contribution >= 0.6 is 11.3 Å². The van der Waals surface area contributed by atoms with Crippen molar-refractivity contribution in [1.82, 2.24) is 4.31 Å². The molecule has 0 aromatic carbocycles. The smallest absolute Gasteiger partial charge is 0.253 e. The average Bonchev–Trinajstić information content (AvgIpc) is 2.88. The number of aliphatic hydroxyl groups excluding tert-OH is 1. The van der Waals surface area contributed by atoms with Crippen LogP contribution in [-0.4, -0.2) is 50.2 Å². The summed E-state index contributed by atoms with van der Waals surface area (Å²) in [4.78, 5) is 0.822. The second-order valence-corrected chi connectivity index (χ2v) is 7.24. The normalized spacial score (nSPS) is 22.2. The minimum atomic E-state index is -3.56. The summed E-state index contributed by atoms with van der Waals surface area (Å²) in [5, 5.41) is 9.22. The Morgan fingerprint density at radius 3 is 2.94 bits per heavy atom. The lowest BCUT2D eigenvalue weighted by Gasteiger charge is -2.32. The molecule has 2 rings (SSSR count). The van der Waals surface area contributed by atoms with Gasteiger partial charge in [0.15, 0.2) is 0 Å². The van der Waals surface area contributed by atoms with Gasteiger partial charge in [-0.05, 0) is 12.1 Å². The lowest BCUT2D eigenvalue weighted by molar-refractivity contribution is 0.0110. The second-order valence-electron chi connectivity index (χ2n) is 3.95. The standard InChI is InChI=1S/C10H16N2O4S2/c11-5-9-1-2-10(17-9)18(14,15)12-3-4-16-7-8(12)6-13/h1-2,8,13H,3-7,11H2. The van der Waals surface area contributed by atoms with Gasteiger partial charge in [-0.3, -0.25) is 0 Å². The maximum Gasteiger partial charge on any atom is 0.253 e. The predicted molar refractivity (Wildman–Crippen MR) is 67.8 cm³/mol. The Kier molecular flexibility index (Phi) is 4.36. The number of aliphatic hydroxyl groups is 1. The molecule has 8 heteroatoms. The van der Waals surface area contributed by atoms with Crippen LogP contribution in [0, 0.1) is 0 Å². The van der Waals surface area contributed by atoms with Gasteiger partial charge in [0.25, 0.3) is 10.0 Å². The number of ether oxygens (including phenoxy) is 1. The maximum absolute atomic E-state index is 12.4. The van der Waals surface area contributed by atoms with Crippen molar-refractivity contribution in [2.45, 2.75) is 16.8 Å². The van der Waals surface area contributed by atoms with Gasteiger partial charge < -0.3 is 15.6 Å². The van der Waals surface area contributed by atoms with Gasteiger partial charge in [-0.1, -0.05) is 0 Å². The number of thiophene rings is 1. The zero-order chi connectivity index (χ0) is 13.2. The highest BCUT2D eigenvalue weighted by molar-refractivity contribution is 7.91. The molecule has 1 saturated heterocycles. The van der Waals surface area contributed by atoms with E-state index in [0.29, 0.717) is 13.2 Å². The number of hydrogen-bond donors (Lipinski definition) is 2. The first-order chi connectivity index (χ1) is 8.59. The summed E-state index contributed by atoms with van der Waals surface area (Å²) in [7, 11) is -3.56. The van der Waals surface area contributed by atoms with Crippen LogP contribution in [0.3, 0.4) is 0 Å². The summed E-state index contributed by atoms with van der Waals surface area (Å²) < 4.78 is 31.6. The maximum atomic E-state index is 12.4. The van der Waals surface area contributed by atoms with Gasteiger partial charge in [0.2, 0.25) is 0 Å². The van der Waals surface area contributed by atoms with Gasteiger partial charge >= 0.3 is 0 Å². The zero-order valence-corrected chi connectivity index (χ0v) is 11.4. The first kappa shape index (κ1) is 13.9. The van der Waals surface area contributed by atoms with E-state index in [1.165, 1.54) is 15.6 Å². The van der Waals surface area contributed by atoms with Crippen molar-refractivity contribution in [1.29, 1.82) is 0 Å². The molecule has 3 N–H and O–H groups in total. The number of nitrogens with zero attached hydrogens (tertiary/aromatic N) is 1. The highest BCUT2D eigenvalue weighted by Crippen LogP contribution is 2.26. The predicted octanol–water partition coefficient (Wildman–Crippen LogP) is -0.411. The van der Waals surface area contributed by atoms with Crippen LogP contribution in [0.25, 0.3) is 0 Å². The van der Waals surface area contributed by atoms with Crippen molar-refractivity contribution in [3.63, 3.8) is 0 Å². The third-order valence-electron chi connectivity index (χ3n) is 2.79. The summed E-state index contributed by atoms with van der Waals surface area (Å²) in [6, 6.07) is 2.77. The topological polar surface area (TPSA) is 92.9 Å². The van der Waals surface area contributed by atoms with Gasteiger partial charge in [-0.15, -0.1) is 11.3 Å². The van der Waals surface area contributed by atoms with Crippen LogP contribution in [0.4, 0.5) is 0 Å². The molecule has 0 saturated carbocycles. The molecule has 1 aromatic heterocycles. The van der Waals surface area contributed by atoms with Crippen molar-refractivity contribution in [3.8, 4) is 0 Å². The van der Waals surface area contributed by atoms with Crippen LogP contribution in [0.1, 0.15) is 4.88 Å². The average molecular weight is 292 g/mol. The fraction of sp³-hybridized carbons (Fsp3) is 0.600. The highest BCUT2D eigenvalue weighted by atomic mass is 32.2. The number of hydrogen-bond acceptors (Lipinski definition) is 6. The summed E-state index contributed by atoms with van der Waals surface area (Å²) in [6.07, 6.45) is 0. The molecule has 0 aliphatic carbocycles. The minimum Gasteiger partial charge on any atom is -0.395 e. The highest BCUT2D eigenvalue weighted by Gasteiger charge is 2.34. The monoisotopic (exact) mass is 292 g/mol. The van der Waals surface area contributed by atoms with Crippen LogP contribution < -0.4 is 5.73 Å². The van der Waals surface area contributed by atoms with Gasteiger partial charge in [-0.2, -0.15) is 4.31 Å². The van der Waals surface area contributed by atoms with Crippen molar-refractivity contribution in [3.05, 3.63) is 17.0 Å². The SMILES string of the molecule is NCc1ccc(S(=O)(=O)N2CCOCC2CO)s1. The van der Waals surface area contributed by atoms with Crippen molar-refractivity contribution in [2.75, 3.05) is 26.4 Å². The molecule has 18 heavy (non-hydrogen) atoms. The molecule has 0 bridgehead atoms. The molecule has 1 aliphatic heterocycles. The summed E-state index contributed by atoms with van der Waals surface area (Å²) in [5.74, 6) is 0. The lowest BCUT2D eigenvalue weighted by atomic mass is 10.3. The fourth-order valence-electron chi connectivity index (χ4n) is 1.82. The van der Waals surface area contributed by atoms with Crippen LogP contribution in [0.2, 0.25) is 0 Å². The lowest BCUT2D eigenvalue weighted by Crippen LogP contribution is -2.50. The summed E-state index contributed by atoms with van der Waals surface area (Å²) >= 11 is 1.17. The molecule has 1 aliphatic rings. The van der Waals surface area contributed by atoms with E-state index in [1.807, 2.05) is 0 Å². The Labute approximate surface area is 110 Å². The van der Waals surface area contributed by atoms with E-state index in [2.05, 4.69) is 0 Å². The van der Waals surface area contributed by atoms with Crippen LogP contribution in [0.15, 0.2) is 16.3 Å². The zero-order valence-electron chi connectivity index (χ0n) is 9.78. The van der Waals surface area contributed by atoms with Crippen LogP contribution in [0.5, 0.6) is 0 Å². The molecule has 0 spiro atoms. The Balaban J connectivity index is 2.28. The number of rotatable bonds is 4. The molecular formula is C10H16N2O4S2. The summed E-state index contributed by atoms with van der Waals surface area (Å²) in [5.41, 5.74) is 5.48. The van der Waals surface area contributed by atoms with E-state index in [-0.39, 0.29) is 24.0 Å². The molecule has 102 valence electrons. The number of morpholine rings is 1. The Morgan fingerprint density at radius 2 is 2.33 bits per heavy atom. The van der Waals surface area contributed by atoms with E-state index < -0.39 is 16.1 Å². The van der Waals surface area contributed by atoms with Crippen LogP contribution in [-0.2, 0) is 21.3 Å². The molecular weight excluding hydrogens is 276 g/mol.